The predicted molar refractivity (Wildman–Crippen MR) is 103 cm³/mol. The highest BCUT2D eigenvalue weighted by Crippen LogP contribution is 2.60. The maximum Gasteiger partial charge on any atom is 0.500 e. The summed E-state index contributed by atoms with van der Waals surface area (Å²) in [5.74, 6) is -2.30. The van der Waals surface area contributed by atoms with E-state index in [2.05, 4.69) is 20.4 Å². The Bertz CT molecular complexity index is 765. The Morgan fingerprint density at radius 1 is 1.40 bits per heavy atom. The van der Waals surface area contributed by atoms with Crippen LogP contribution in [0.2, 0.25) is 0 Å². The number of carbonyl (C=O) groups is 3. The van der Waals surface area contributed by atoms with Gasteiger partial charge in [-0.25, -0.2) is 0 Å². The zero-order chi connectivity index (χ0) is 22.4. The molecule has 0 spiro atoms. The minimum absolute atomic E-state index is 0.00916. The SMILES string of the molecule is C[C@H](N[P+]1(O)OCC(C)(C)[C@H](C(=O)NCCC(=O)OCc2cnccn2)O1)C(=O)O. The van der Waals surface area contributed by atoms with E-state index < -0.39 is 43.5 Å². The fraction of sp³-hybridized carbons (Fsp3) is 0.588. The molecule has 1 fully saturated rings. The fourth-order valence-electron chi connectivity index (χ4n) is 2.43. The van der Waals surface area contributed by atoms with Crippen LogP contribution in [0.3, 0.4) is 0 Å². The monoisotopic (exact) mass is 445 g/mol. The van der Waals surface area contributed by atoms with Crippen molar-refractivity contribution >= 4 is 25.9 Å². The minimum Gasteiger partial charge on any atom is -0.480 e. The molecule has 12 nitrogen and oxygen atoms in total. The third-order valence-corrected chi connectivity index (χ3v) is 5.85. The van der Waals surface area contributed by atoms with E-state index in [-0.39, 0.29) is 26.2 Å². The number of esters is 1. The number of aliphatic carboxylic acids is 1. The summed E-state index contributed by atoms with van der Waals surface area (Å²) >= 11 is 0. The van der Waals surface area contributed by atoms with Crippen LogP contribution in [-0.2, 0) is 34.8 Å². The molecule has 1 unspecified atom stereocenters. The van der Waals surface area contributed by atoms with Crippen LogP contribution in [0.4, 0.5) is 0 Å². The van der Waals surface area contributed by atoms with E-state index in [0.717, 1.165) is 0 Å². The van der Waals surface area contributed by atoms with Gasteiger partial charge in [0, 0.05) is 24.4 Å². The second-order valence-electron chi connectivity index (χ2n) is 7.36. The molecule has 1 aliphatic heterocycles. The van der Waals surface area contributed by atoms with Crippen molar-refractivity contribution in [3.05, 3.63) is 24.3 Å². The van der Waals surface area contributed by atoms with Gasteiger partial charge in [0.2, 0.25) is 0 Å². The Morgan fingerprint density at radius 3 is 2.77 bits per heavy atom. The zero-order valence-corrected chi connectivity index (χ0v) is 17.8. The molecular formula is C17H26N4O8P+. The molecule has 2 rings (SSSR count). The number of amides is 1. The number of hydrogen-bond acceptors (Lipinski definition) is 10. The average molecular weight is 445 g/mol. The molecule has 3 atom stereocenters. The number of carboxylic acid groups (broad SMARTS) is 1. The molecule has 30 heavy (non-hydrogen) atoms. The first kappa shape index (κ1) is 24.0. The molecule has 1 aromatic heterocycles. The van der Waals surface area contributed by atoms with E-state index in [9.17, 15) is 19.3 Å². The van der Waals surface area contributed by atoms with Gasteiger partial charge in [-0.1, -0.05) is 13.8 Å². The lowest BCUT2D eigenvalue weighted by Gasteiger charge is -2.37. The lowest BCUT2D eigenvalue weighted by atomic mass is 9.87. The van der Waals surface area contributed by atoms with Crippen molar-refractivity contribution in [3.8, 4) is 0 Å². The van der Waals surface area contributed by atoms with Crippen molar-refractivity contribution in [2.75, 3.05) is 13.2 Å². The Morgan fingerprint density at radius 2 is 2.13 bits per heavy atom. The Balaban J connectivity index is 1.84. The molecule has 0 radical (unpaired) electrons. The quantitative estimate of drug-likeness (QED) is 0.302. The van der Waals surface area contributed by atoms with E-state index in [0.29, 0.717) is 5.69 Å². The van der Waals surface area contributed by atoms with Crippen LogP contribution in [-0.4, -0.2) is 63.1 Å². The van der Waals surface area contributed by atoms with Gasteiger partial charge in [-0.05, 0) is 6.92 Å². The van der Waals surface area contributed by atoms with Gasteiger partial charge in [-0.3, -0.25) is 24.4 Å². The van der Waals surface area contributed by atoms with Crippen LogP contribution >= 0.6 is 8.09 Å². The van der Waals surface area contributed by atoms with Crippen molar-refractivity contribution in [1.29, 1.82) is 0 Å². The fourth-order valence-corrected chi connectivity index (χ4v) is 4.40. The standard InChI is InChI=1S/C17H25N4O8P/c1-11(16(24)25)21-30(26)28-10-17(2,3)14(29-30)15(23)20-5-4-13(22)27-9-12-8-18-6-7-19-12/h6-8,11,14,21,26H,4-5,9-10H2,1-3H3,(H-,20,23,24,25)/p+1/t11-,14-,30?/m0/s1. The van der Waals surface area contributed by atoms with E-state index in [4.69, 9.17) is 18.9 Å². The number of nitrogens with zero attached hydrogens (tertiary/aromatic N) is 2. The number of hydrogen-bond donors (Lipinski definition) is 4. The number of nitrogens with one attached hydrogen (secondary N) is 2. The van der Waals surface area contributed by atoms with Crippen molar-refractivity contribution in [2.24, 2.45) is 5.41 Å². The predicted octanol–water partition coefficient (Wildman–Crippen LogP) is 0.200. The molecule has 4 N–H and O–H groups in total. The van der Waals surface area contributed by atoms with Gasteiger partial charge in [0.05, 0.1) is 18.3 Å². The van der Waals surface area contributed by atoms with Crippen LogP contribution in [0.25, 0.3) is 0 Å². The highest BCUT2D eigenvalue weighted by molar-refractivity contribution is 7.58. The first-order valence-electron chi connectivity index (χ1n) is 9.16. The van der Waals surface area contributed by atoms with Crippen LogP contribution in [0, 0.1) is 5.41 Å². The summed E-state index contributed by atoms with van der Waals surface area (Å²) in [6.45, 7) is 4.66. The van der Waals surface area contributed by atoms with Crippen molar-refractivity contribution in [3.63, 3.8) is 0 Å². The summed E-state index contributed by atoms with van der Waals surface area (Å²) < 4.78 is 15.8. The number of carboxylic acids is 1. The van der Waals surface area contributed by atoms with Crippen molar-refractivity contribution in [1.82, 2.24) is 20.4 Å². The summed E-state index contributed by atoms with van der Waals surface area (Å²) in [5.41, 5.74) is -0.296. The highest BCUT2D eigenvalue weighted by atomic mass is 31.2. The van der Waals surface area contributed by atoms with Gasteiger partial charge in [0.1, 0.15) is 19.3 Å². The summed E-state index contributed by atoms with van der Waals surface area (Å²) in [4.78, 5) is 53.7. The summed E-state index contributed by atoms with van der Waals surface area (Å²) in [5, 5.41) is 13.9. The summed E-state index contributed by atoms with van der Waals surface area (Å²) in [6.07, 6.45) is 3.26. The second kappa shape index (κ2) is 10.2. The minimum atomic E-state index is -3.76. The van der Waals surface area contributed by atoms with E-state index in [1.54, 1.807) is 13.8 Å². The molecule has 2 heterocycles. The molecule has 1 aliphatic rings. The number of aromatic nitrogens is 2. The normalized spacial score (nSPS) is 23.9. The second-order valence-corrected chi connectivity index (χ2v) is 9.12. The molecule has 166 valence electrons. The van der Waals surface area contributed by atoms with Gasteiger partial charge >= 0.3 is 20.0 Å². The van der Waals surface area contributed by atoms with Gasteiger partial charge in [-0.2, -0.15) is 9.42 Å². The smallest absolute Gasteiger partial charge is 0.480 e. The number of carbonyl (C=O) groups excluding carboxylic acids is 2. The summed E-state index contributed by atoms with van der Waals surface area (Å²) in [7, 11) is -3.76. The van der Waals surface area contributed by atoms with E-state index in [1.807, 2.05) is 0 Å². The largest absolute Gasteiger partial charge is 0.500 e. The Labute approximate surface area is 174 Å². The molecule has 1 aromatic rings. The molecule has 1 amide bonds. The molecule has 0 saturated carbocycles. The Kier molecular flexibility index (Phi) is 8.16. The molecular weight excluding hydrogens is 419 g/mol. The van der Waals surface area contributed by atoms with Gasteiger partial charge in [0.15, 0.2) is 6.10 Å². The lowest BCUT2D eigenvalue weighted by Crippen LogP contribution is -2.52. The summed E-state index contributed by atoms with van der Waals surface area (Å²) in [6, 6.07) is -1.14. The van der Waals surface area contributed by atoms with Crippen LogP contribution in [0.1, 0.15) is 32.9 Å². The molecule has 1 saturated heterocycles. The topological polar surface area (TPSA) is 169 Å². The van der Waals surface area contributed by atoms with Crippen LogP contribution in [0.15, 0.2) is 18.6 Å². The zero-order valence-electron chi connectivity index (χ0n) is 16.9. The molecule has 0 aliphatic carbocycles. The number of ether oxygens (including phenoxy) is 1. The first-order chi connectivity index (χ1) is 14.0. The van der Waals surface area contributed by atoms with Gasteiger partial charge in [0.25, 0.3) is 5.91 Å². The van der Waals surface area contributed by atoms with Crippen LogP contribution < -0.4 is 10.4 Å². The number of rotatable bonds is 9. The lowest BCUT2D eigenvalue weighted by molar-refractivity contribution is -0.145. The molecule has 0 aromatic carbocycles. The van der Waals surface area contributed by atoms with E-state index in [1.165, 1.54) is 25.5 Å². The molecule has 0 bridgehead atoms. The third kappa shape index (κ3) is 6.92. The maximum atomic E-state index is 12.6. The van der Waals surface area contributed by atoms with Gasteiger partial charge < -0.3 is 15.2 Å². The average Bonchev–Trinajstić information content (AvgIpc) is 2.69. The Hall–Kier alpha value is -2.24. The van der Waals surface area contributed by atoms with E-state index >= 15 is 0 Å². The van der Waals surface area contributed by atoms with Gasteiger partial charge in [-0.15, -0.1) is 9.61 Å². The molecule has 13 heteroatoms. The maximum absolute atomic E-state index is 12.6. The van der Waals surface area contributed by atoms with Crippen LogP contribution in [0.5, 0.6) is 0 Å². The third-order valence-electron chi connectivity index (χ3n) is 4.16. The van der Waals surface area contributed by atoms with Crippen molar-refractivity contribution < 1.29 is 38.2 Å². The first-order valence-corrected chi connectivity index (χ1v) is 10.7. The van der Waals surface area contributed by atoms with Crippen molar-refractivity contribution in [2.45, 2.75) is 45.9 Å². The highest BCUT2D eigenvalue weighted by Gasteiger charge is 2.58.